The maximum absolute atomic E-state index is 4.91. The van der Waals surface area contributed by atoms with Crippen molar-refractivity contribution in [3.05, 3.63) is 133 Å². The Morgan fingerprint density at radius 3 is 1.59 bits per heavy atom. The fourth-order valence-corrected chi connectivity index (χ4v) is 6.63. The minimum Gasteiger partial charge on any atom is -0.304 e. The SMILES string of the molecule is CC1(C)c2c[c-]c(-c3ccc(-c4cccc(-c5nc(-c6ccccc6)nc(-c6ccccc6)n5)c4)cn3)cc2C(C)(C)C1(C)C.[Ir]. The van der Waals surface area contributed by atoms with Gasteiger partial charge in [-0.1, -0.05) is 133 Å². The molecule has 7 rings (SSSR count). The average molecular weight is 778 g/mol. The first-order valence-electron chi connectivity index (χ1n) is 15.6. The van der Waals surface area contributed by atoms with Gasteiger partial charge in [-0.25, -0.2) is 15.0 Å². The molecule has 0 aliphatic heterocycles. The molecule has 0 bridgehead atoms. The van der Waals surface area contributed by atoms with E-state index in [4.69, 9.17) is 19.9 Å². The van der Waals surface area contributed by atoms with E-state index in [1.54, 1.807) is 0 Å². The summed E-state index contributed by atoms with van der Waals surface area (Å²) in [5.74, 6) is 1.93. The number of benzene rings is 4. The predicted octanol–water partition coefficient (Wildman–Crippen LogP) is 9.99. The smallest absolute Gasteiger partial charge is 0.164 e. The number of fused-ring (bicyclic) bond motifs is 1. The predicted molar refractivity (Wildman–Crippen MR) is 183 cm³/mol. The molecule has 4 aromatic carbocycles. The van der Waals surface area contributed by atoms with E-state index < -0.39 is 0 Å². The number of hydrogen-bond donors (Lipinski definition) is 0. The molecule has 2 aromatic heterocycles. The zero-order chi connectivity index (χ0) is 31.4. The molecule has 0 unspecified atom stereocenters. The second-order valence-corrected chi connectivity index (χ2v) is 13.6. The molecule has 0 amide bonds. The molecular weight excluding hydrogens is 741 g/mol. The summed E-state index contributed by atoms with van der Waals surface area (Å²) in [5.41, 5.74) is 9.86. The minimum atomic E-state index is 0. The molecule has 46 heavy (non-hydrogen) atoms. The molecule has 6 aromatic rings. The van der Waals surface area contributed by atoms with E-state index in [2.05, 4.69) is 90.1 Å². The quantitative estimate of drug-likeness (QED) is 0.164. The van der Waals surface area contributed by atoms with E-state index in [0.717, 1.165) is 39.1 Å². The molecule has 1 aliphatic carbocycles. The van der Waals surface area contributed by atoms with E-state index in [-0.39, 0.29) is 36.4 Å². The maximum atomic E-state index is 4.91. The van der Waals surface area contributed by atoms with Crippen molar-refractivity contribution in [2.45, 2.75) is 52.4 Å². The molecule has 0 saturated carbocycles. The van der Waals surface area contributed by atoms with E-state index in [9.17, 15) is 0 Å². The molecule has 0 saturated heterocycles. The summed E-state index contributed by atoms with van der Waals surface area (Å²) >= 11 is 0. The van der Waals surface area contributed by atoms with Crippen molar-refractivity contribution in [3.8, 4) is 56.5 Å². The van der Waals surface area contributed by atoms with Crippen LogP contribution in [0.5, 0.6) is 0 Å². The zero-order valence-corrected chi connectivity index (χ0v) is 29.5. The maximum Gasteiger partial charge on any atom is 0.164 e. The van der Waals surface area contributed by atoms with Crippen molar-refractivity contribution in [3.63, 3.8) is 0 Å². The van der Waals surface area contributed by atoms with Crippen LogP contribution in [0.25, 0.3) is 56.5 Å². The molecule has 5 heteroatoms. The van der Waals surface area contributed by atoms with Crippen LogP contribution in [0, 0.1) is 11.5 Å². The molecule has 0 fully saturated rings. The van der Waals surface area contributed by atoms with Gasteiger partial charge >= 0.3 is 0 Å². The summed E-state index contributed by atoms with van der Waals surface area (Å²) in [6.07, 6.45) is 1.95. The van der Waals surface area contributed by atoms with Gasteiger partial charge < -0.3 is 4.98 Å². The number of hydrogen-bond acceptors (Lipinski definition) is 4. The normalized spacial score (nSPS) is 15.5. The first-order valence-corrected chi connectivity index (χ1v) is 15.6. The van der Waals surface area contributed by atoms with E-state index in [1.165, 1.54) is 11.1 Å². The van der Waals surface area contributed by atoms with Crippen molar-refractivity contribution >= 4 is 0 Å². The monoisotopic (exact) mass is 778 g/mol. The van der Waals surface area contributed by atoms with Crippen molar-refractivity contribution in [1.82, 2.24) is 19.9 Å². The first-order chi connectivity index (χ1) is 21.6. The summed E-state index contributed by atoms with van der Waals surface area (Å²) in [4.78, 5) is 19.6. The standard InChI is InChI=1S/C41H37N4.Ir/c1-39(2)33-22-20-30(25-34(33)40(3,4)41(39,5)6)35-23-21-32(26-42-35)29-18-13-19-31(24-29)38-44-36(27-14-9-7-10-15-27)43-37(45-38)28-16-11-8-12-17-28;/h7-19,21-26H,1-6H3;/q-1;. The van der Waals surface area contributed by atoms with Gasteiger partial charge in [-0.05, 0) is 39.1 Å². The van der Waals surface area contributed by atoms with Crippen LogP contribution >= 0.6 is 0 Å². The molecule has 0 N–H and O–H groups in total. The number of pyridine rings is 1. The Kier molecular flexibility index (Phi) is 8.12. The molecule has 4 nitrogen and oxygen atoms in total. The summed E-state index contributed by atoms with van der Waals surface area (Å²) in [6.45, 7) is 14.2. The van der Waals surface area contributed by atoms with Gasteiger partial charge in [-0.2, -0.15) is 0 Å². The molecule has 1 radical (unpaired) electrons. The third-order valence-electron chi connectivity index (χ3n) is 10.6. The van der Waals surface area contributed by atoms with Gasteiger partial charge in [0.15, 0.2) is 17.5 Å². The van der Waals surface area contributed by atoms with Gasteiger partial charge in [0.25, 0.3) is 0 Å². The fourth-order valence-electron chi connectivity index (χ4n) is 6.63. The third kappa shape index (κ3) is 5.22. The molecule has 231 valence electrons. The van der Waals surface area contributed by atoms with Crippen molar-refractivity contribution in [2.24, 2.45) is 5.41 Å². The Morgan fingerprint density at radius 2 is 1.02 bits per heavy atom. The van der Waals surface area contributed by atoms with Crippen LogP contribution in [0.2, 0.25) is 0 Å². The molecule has 2 heterocycles. The Labute approximate surface area is 285 Å². The summed E-state index contributed by atoms with van der Waals surface area (Å²) in [6, 6.07) is 40.7. The Hall–Kier alpha value is -4.31. The van der Waals surface area contributed by atoms with Crippen molar-refractivity contribution in [2.75, 3.05) is 0 Å². The Morgan fingerprint density at radius 1 is 0.500 bits per heavy atom. The van der Waals surface area contributed by atoms with Crippen LogP contribution in [0.15, 0.2) is 115 Å². The topological polar surface area (TPSA) is 51.6 Å². The summed E-state index contributed by atoms with van der Waals surface area (Å²) < 4.78 is 0. The fraction of sp³-hybridized carbons (Fsp3) is 0.220. The van der Waals surface area contributed by atoms with Gasteiger partial charge in [0.05, 0.1) is 0 Å². The van der Waals surface area contributed by atoms with E-state index in [0.29, 0.717) is 17.5 Å². The zero-order valence-electron chi connectivity index (χ0n) is 27.1. The molecule has 0 spiro atoms. The average Bonchev–Trinajstić information content (AvgIpc) is 3.18. The van der Waals surface area contributed by atoms with Gasteiger partial charge in [0.1, 0.15) is 0 Å². The third-order valence-corrected chi connectivity index (χ3v) is 10.6. The molecular formula is C41H37IrN4-. The van der Waals surface area contributed by atoms with Crippen LogP contribution in [-0.4, -0.2) is 19.9 Å². The summed E-state index contributed by atoms with van der Waals surface area (Å²) in [7, 11) is 0. The molecule has 1 aliphatic rings. The van der Waals surface area contributed by atoms with Crippen molar-refractivity contribution in [1.29, 1.82) is 0 Å². The minimum absolute atomic E-state index is 0. The number of rotatable bonds is 5. The second kappa shape index (κ2) is 11.8. The van der Waals surface area contributed by atoms with E-state index in [1.807, 2.05) is 72.9 Å². The first kappa shape index (κ1) is 31.7. The number of nitrogens with zero attached hydrogens (tertiary/aromatic N) is 4. The largest absolute Gasteiger partial charge is 0.304 e. The van der Waals surface area contributed by atoms with Crippen LogP contribution in [-0.2, 0) is 30.9 Å². The van der Waals surface area contributed by atoms with Crippen LogP contribution in [0.1, 0.15) is 52.7 Å². The Balaban J connectivity index is 0.00000372. The van der Waals surface area contributed by atoms with Gasteiger partial charge in [-0.3, -0.25) is 0 Å². The van der Waals surface area contributed by atoms with Crippen LogP contribution < -0.4 is 0 Å². The van der Waals surface area contributed by atoms with Crippen LogP contribution in [0.3, 0.4) is 0 Å². The second-order valence-electron chi connectivity index (χ2n) is 13.6. The van der Waals surface area contributed by atoms with Crippen molar-refractivity contribution < 1.29 is 20.1 Å². The summed E-state index contributed by atoms with van der Waals surface area (Å²) in [5, 5.41) is 0. The Bertz CT molecular complexity index is 1960. The van der Waals surface area contributed by atoms with E-state index >= 15 is 0 Å². The van der Waals surface area contributed by atoms with Gasteiger partial charge in [-0.15, -0.1) is 34.9 Å². The van der Waals surface area contributed by atoms with Crippen LogP contribution in [0.4, 0.5) is 0 Å². The molecule has 0 atom stereocenters. The number of aromatic nitrogens is 4. The van der Waals surface area contributed by atoms with Gasteiger partial charge in [0.2, 0.25) is 0 Å². The van der Waals surface area contributed by atoms with Gasteiger partial charge in [0, 0.05) is 43.0 Å².